The van der Waals surface area contributed by atoms with Gasteiger partial charge in [-0.2, -0.15) is 4.31 Å². The lowest BCUT2D eigenvalue weighted by Gasteiger charge is -2.59. The monoisotopic (exact) mass is 845 g/mol. The maximum absolute atomic E-state index is 14.7. The molecule has 322 valence electrons. The molecule has 2 aliphatic carbocycles. The highest BCUT2D eigenvalue weighted by molar-refractivity contribution is 7.89. The van der Waals surface area contributed by atoms with Crippen LogP contribution in [0, 0.1) is 17.8 Å². The van der Waals surface area contributed by atoms with Gasteiger partial charge in [0.2, 0.25) is 21.7 Å². The number of methoxy groups -OCH3 is 1. The molecule has 0 radical (unpaired) electrons. The van der Waals surface area contributed by atoms with Crippen LogP contribution in [0.25, 0.3) is 0 Å². The summed E-state index contributed by atoms with van der Waals surface area (Å²) in [7, 11) is 0.221. The van der Waals surface area contributed by atoms with Gasteiger partial charge >= 0.3 is 0 Å². The van der Waals surface area contributed by atoms with E-state index in [9.17, 15) is 28.2 Å². The van der Waals surface area contributed by atoms with Gasteiger partial charge in [0.05, 0.1) is 41.8 Å². The fraction of sp³-hybridized carbons (Fsp3) is 0.444. The molecule has 6 atom stereocenters. The number of fused-ring (bicyclic) bond motifs is 2. The van der Waals surface area contributed by atoms with Crippen molar-refractivity contribution in [1.82, 2.24) is 4.31 Å². The fourth-order valence-corrected chi connectivity index (χ4v) is 10.5. The Hall–Kier alpha value is -5.06. The summed E-state index contributed by atoms with van der Waals surface area (Å²) in [6.07, 6.45) is 8.79. The van der Waals surface area contributed by atoms with Crippen LogP contribution in [0.15, 0.2) is 95.0 Å². The van der Waals surface area contributed by atoms with Gasteiger partial charge in [0.15, 0.2) is 6.29 Å². The van der Waals surface area contributed by atoms with Crippen LogP contribution >= 0.6 is 0 Å². The van der Waals surface area contributed by atoms with Gasteiger partial charge in [0.25, 0.3) is 0 Å². The molecule has 14 nitrogen and oxygen atoms in total. The minimum absolute atomic E-state index is 0.00180. The van der Waals surface area contributed by atoms with Crippen LogP contribution in [0.2, 0.25) is 0 Å². The Labute approximate surface area is 351 Å². The van der Waals surface area contributed by atoms with Crippen LogP contribution in [0.3, 0.4) is 0 Å². The highest BCUT2D eigenvalue weighted by Gasteiger charge is 2.65. The maximum Gasteiger partial charge on any atom is 0.243 e. The third-order valence-corrected chi connectivity index (χ3v) is 13.6. The Balaban J connectivity index is 1.55. The number of hydrogen-bond acceptors (Lipinski definition) is 12. The molecule has 0 unspecified atom stereocenters. The van der Waals surface area contributed by atoms with E-state index in [4.69, 9.17) is 23.8 Å². The molecular weight excluding hydrogens is 791 g/mol. The second-order valence-corrected chi connectivity index (χ2v) is 17.3. The summed E-state index contributed by atoms with van der Waals surface area (Å²) >= 11 is 0. The number of unbranched alkanes of at least 4 members (excludes halogenated alkanes) is 2. The van der Waals surface area contributed by atoms with Gasteiger partial charge in [0, 0.05) is 50.8 Å². The van der Waals surface area contributed by atoms with Crippen LogP contribution in [-0.4, -0.2) is 93.8 Å². The number of benzene rings is 3. The first-order chi connectivity index (χ1) is 29.0. The number of sulfonamides is 1. The minimum Gasteiger partial charge on any atom is -0.496 e. The van der Waals surface area contributed by atoms with Gasteiger partial charge in [-0.3, -0.25) is 9.59 Å². The molecule has 1 fully saturated rings. The van der Waals surface area contributed by atoms with Crippen molar-refractivity contribution in [3.8, 4) is 23.0 Å². The van der Waals surface area contributed by atoms with E-state index in [1.54, 1.807) is 36.4 Å². The molecule has 1 aliphatic heterocycles. The number of aliphatic hydroxyl groups is 2. The first kappa shape index (κ1) is 44.5. The summed E-state index contributed by atoms with van der Waals surface area (Å²) in [6.45, 7) is 5.44. The third-order valence-electron chi connectivity index (χ3n) is 11.7. The Morgan fingerprint density at radius 1 is 1.02 bits per heavy atom. The Kier molecular flexibility index (Phi) is 14.5. The molecule has 0 spiro atoms. The van der Waals surface area contributed by atoms with E-state index in [0.717, 1.165) is 36.8 Å². The first-order valence-corrected chi connectivity index (χ1v) is 21.7. The number of likely N-dealkylation sites (N-methyl/N-ethyl adjacent to an activating group) is 1. The van der Waals surface area contributed by atoms with Gasteiger partial charge < -0.3 is 39.3 Å². The van der Waals surface area contributed by atoms with E-state index >= 15 is 0 Å². The standard InChI is InChI=1S/C45H55N3O11S/c1-6-23-57-45-42(48(3)60(53,54)35-17-13-32(14-18-35)46-29(2)52)27-39(47-56-5)37-25-30(11-7-9-21-49)36(12-8-10-22-50)43(44(37)45)38-26-34(16-20-41(38)59-45)58-33-15-19-40(55-4)31(24-33)28-51/h6,13-20,24-26,28,30,36,42-44,49-50H,1,7-12,21-23,27H2,2-5H3,(H,46,52)/t30-,36+,42-,43+,44+,45+/m0/s1. The van der Waals surface area contributed by atoms with E-state index < -0.39 is 27.8 Å². The normalized spacial score (nSPS) is 23.8. The number of hydrogen-bond donors (Lipinski definition) is 3. The van der Waals surface area contributed by atoms with Crippen LogP contribution in [0.1, 0.15) is 73.7 Å². The summed E-state index contributed by atoms with van der Waals surface area (Å²) in [5.74, 6) is -1.10. The fourth-order valence-electron chi connectivity index (χ4n) is 9.13. The van der Waals surface area contributed by atoms with Crippen molar-refractivity contribution in [3.05, 3.63) is 96.1 Å². The molecule has 0 saturated heterocycles. The number of aldehydes is 1. The number of nitrogens with one attached hydrogen (secondary N) is 1. The number of carbonyl (C=O) groups excluding carboxylic acids is 2. The molecule has 3 aromatic rings. The minimum atomic E-state index is -4.23. The quantitative estimate of drug-likeness (QED) is 0.0469. The van der Waals surface area contributed by atoms with Crippen molar-refractivity contribution in [2.75, 3.05) is 46.4 Å². The first-order valence-electron chi connectivity index (χ1n) is 20.2. The smallest absolute Gasteiger partial charge is 0.243 e. The number of amides is 1. The molecular formula is C45H55N3O11S. The number of carbonyl (C=O) groups is 2. The molecule has 6 rings (SSSR count). The zero-order chi connectivity index (χ0) is 43.0. The predicted octanol–water partition coefficient (Wildman–Crippen LogP) is 6.84. The van der Waals surface area contributed by atoms with E-state index in [-0.39, 0.29) is 54.8 Å². The van der Waals surface area contributed by atoms with Crippen molar-refractivity contribution in [2.45, 2.75) is 74.5 Å². The SMILES string of the molecule is C=CCO[C@@]12Oc3ccc(Oc4ccc(OC)c(C=O)c4)cc3[C@H]3[C@H](CCCCO)[C@@H](CCCCO)C=C(C(=NOC)C[C@@H]1N(C)S(=O)(=O)c1ccc(NC(C)=O)cc1)[C@H]32. The molecule has 3 N–H and O–H groups in total. The van der Waals surface area contributed by atoms with Gasteiger partial charge in [-0.15, -0.1) is 6.58 Å². The number of ether oxygens (including phenoxy) is 4. The highest BCUT2D eigenvalue weighted by atomic mass is 32.2. The molecule has 1 heterocycles. The molecule has 15 heteroatoms. The Morgan fingerprint density at radius 2 is 1.72 bits per heavy atom. The van der Waals surface area contributed by atoms with Gasteiger partial charge in [0.1, 0.15) is 30.1 Å². The summed E-state index contributed by atoms with van der Waals surface area (Å²) in [4.78, 5) is 29.1. The molecule has 1 saturated carbocycles. The second-order valence-electron chi connectivity index (χ2n) is 15.3. The molecule has 0 bridgehead atoms. The topological polar surface area (TPSA) is 183 Å². The average molecular weight is 846 g/mol. The summed E-state index contributed by atoms with van der Waals surface area (Å²) < 4.78 is 56.4. The lowest BCUT2D eigenvalue weighted by molar-refractivity contribution is -0.250. The molecule has 60 heavy (non-hydrogen) atoms. The third kappa shape index (κ3) is 9.00. The van der Waals surface area contributed by atoms with Crippen molar-refractivity contribution >= 4 is 33.6 Å². The number of anilines is 1. The lowest BCUT2D eigenvalue weighted by atomic mass is 9.55. The predicted molar refractivity (Wildman–Crippen MR) is 226 cm³/mol. The zero-order valence-electron chi connectivity index (χ0n) is 34.5. The van der Waals surface area contributed by atoms with Crippen LogP contribution in [0.4, 0.5) is 5.69 Å². The number of oxime groups is 1. The lowest BCUT2D eigenvalue weighted by Crippen LogP contribution is -2.69. The number of allylic oxidation sites excluding steroid dienone is 1. The molecule has 3 aromatic carbocycles. The Morgan fingerprint density at radius 3 is 2.37 bits per heavy atom. The highest BCUT2D eigenvalue weighted by Crippen LogP contribution is 2.62. The van der Waals surface area contributed by atoms with Crippen LogP contribution in [0.5, 0.6) is 23.0 Å². The number of rotatable bonds is 20. The molecule has 1 amide bonds. The summed E-state index contributed by atoms with van der Waals surface area (Å²) in [5.41, 5.74) is 2.98. The second kappa shape index (κ2) is 19.5. The van der Waals surface area contributed by atoms with Gasteiger partial charge in [-0.25, -0.2) is 8.42 Å². The van der Waals surface area contributed by atoms with E-state index in [2.05, 4.69) is 23.1 Å². The molecule has 0 aromatic heterocycles. The Bertz CT molecular complexity index is 2190. The maximum atomic E-state index is 14.7. The number of aliphatic hydroxyl groups excluding tert-OH is 2. The van der Waals surface area contributed by atoms with E-state index in [0.29, 0.717) is 59.1 Å². The van der Waals surface area contributed by atoms with Gasteiger partial charge in [-0.05, 0) is 104 Å². The average Bonchev–Trinajstić information content (AvgIpc) is 3.24. The number of nitrogens with zero attached hydrogens (tertiary/aromatic N) is 2. The summed E-state index contributed by atoms with van der Waals surface area (Å²) in [6, 6.07) is 15.5. The van der Waals surface area contributed by atoms with E-state index in [1.807, 2.05) is 6.07 Å². The van der Waals surface area contributed by atoms with Crippen molar-refractivity contribution in [3.63, 3.8) is 0 Å². The zero-order valence-corrected chi connectivity index (χ0v) is 35.4. The molecule has 3 aliphatic rings. The summed E-state index contributed by atoms with van der Waals surface area (Å²) in [5, 5.41) is 26.9. The van der Waals surface area contributed by atoms with Gasteiger partial charge in [-0.1, -0.05) is 30.1 Å². The van der Waals surface area contributed by atoms with Crippen molar-refractivity contribution < 1.29 is 52.0 Å². The van der Waals surface area contributed by atoms with Crippen molar-refractivity contribution in [2.24, 2.45) is 22.9 Å². The van der Waals surface area contributed by atoms with Crippen molar-refractivity contribution in [1.29, 1.82) is 0 Å². The van der Waals surface area contributed by atoms with Crippen LogP contribution < -0.4 is 19.5 Å². The van der Waals surface area contributed by atoms with E-state index in [1.165, 1.54) is 56.8 Å². The largest absolute Gasteiger partial charge is 0.496 e. The van der Waals surface area contributed by atoms with Crippen LogP contribution in [-0.2, 0) is 24.4 Å².